The molecule has 4 aliphatic rings. The first kappa shape index (κ1) is 15.4. The van der Waals surface area contributed by atoms with Crippen molar-refractivity contribution in [1.29, 1.82) is 0 Å². The van der Waals surface area contributed by atoms with Crippen LogP contribution < -0.4 is 0 Å². The summed E-state index contributed by atoms with van der Waals surface area (Å²) in [7, 11) is 0. The topological polar surface area (TPSA) is 40.5 Å². The molecule has 0 aliphatic heterocycles. The third kappa shape index (κ3) is 1.69. The monoisotopic (exact) mass is 306 g/mol. The Labute approximate surface area is 135 Å². The zero-order valence-electron chi connectivity index (χ0n) is 14.6. The van der Waals surface area contributed by atoms with Crippen molar-refractivity contribution in [2.75, 3.05) is 0 Å². The normalized spacial score (nSPS) is 61.2. The van der Waals surface area contributed by atoms with Crippen molar-refractivity contribution in [3.05, 3.63) is 0 Å². The molecule has 0 spiro atoms. The molecule has 0 bridgehead atoms. The minimum absolute atomic E-state index is 0.0386. The lowest BCUT2D eigenvalue weighted by Crippen LogP contribution is -2.60. The molecule has 126 valence electrons. The van der Waals surface area contributed by atoms with Crippen LogP contribution in [0.5, 0.6) is 0 Å². The van der Waals surface area contributed by atoms with Crippen LogP contribution in [0.25, 0.3) is 0 Å². The summed E-state index contributed by atoms with van der Waals surface area (Å²) < 4.78 is 0. The number of fused-ring (bicyclic) bond motifs is 5. The second-order valence-corrected chi connectivity index (χ2v) is 9.80. The quantitative estimate of drug-likeness (QED) is 0.706. The summed E-state index contributed by atoms with van der Waals surface area (Å²) in [5.41, 5.74) is 0.809. The summed E-state index contributed by atoms with van der Waals surface area (Å²) >= 11 is 0. The van der Waals surface area contributed by atoms with Crippen LogP contribution in [0.15, 0.2) is 0 Å². The van der Waals surface area contributed by atoms with Gasteiger partial charge in [0.25, 0.3) is 0 Å². The summed E-state index contributed by atoms with van der Waals surface area (Å²) in [5.74, 6) is 2.42. The number of aliphatic hydroxyl groups is 2. The minimum Gasteiger partial charge on any atom is -0.393 e. The van der Waals surface area contributed by atoms with Crippen molar-refractivity contribution in [2.45, 2.75) is 90.8 Å². The fourth-order valence-corrected chi connectivity index (χ4v) is 7.72. The Kier molecular flexibility index (Phi) is 3.32. The fourth-order valence-electron chi connectivity index (χ4n) is 7.72. The van der Waals surface area contributed by atoms with Crippen molar-refractivity contribution >= 4 is 0 Å². The van der Waals surface area contributed by atoms with E-state index in [1.54, 1.807) is 0 Å². The molecule has 2 nitrogen and oxygen atoms in total. The maximum absolute atomic E-state index is 10.7. The molecular formula is C20H34O2. The number of aliphatic hydroxyl groups excluding tert-OH is 2. The van der Waals surface area contributed by atoms with Gasteiger partial charge in [0.2, 0.25) is 0 Å². The van der Waals surface area contributed by atoms with Crippen molar-refractivity contribution < 1.29 is 10.2 Å². The molecule has 0 aromatic carbocycles. The predicted molar refractivity (Wildman–Crippen MR) is 88.4 cm³/mol. The maximum Gasteiger partial charge on any atom is 0.0599 e. The Morgan fingerprint density at radius 3 is 2.27 bits per heavy atom. The summed E-state index contributed by atoms with van der Waals surface area (Å²) in [6.45, 7) is 7.45. The van der Waals surface area contributed by atoms with E-state index in [4.69, 9.17) is 0 Å². The third-order valence-electron chi connectivity index (χ3n) is 9.53. The molecule has 4 fully saturated rings. The lowest BCUT2D eigenvalue weighted by atomic mass is 9.38. The van der Waals surface area contributed by atoms with E-state index in [1.165, 1.54) is 38.5 Å². The first-order valence-corrected chi connectivity index (χ1v) is 9.68. The van der Waals surface area contributed by atoms with Gasteiger partial charge in [-0.3, -0.25) is 0 Å². The molecule has 4 aliphatic carbocycles. The minimum atomic E-state index is -0.0961. The molecule has 22 heavy (non-hydrogen) atoms. The first-order valence-electron chi connectivity index (χ1n) is 9.68. The molecule has 2 N–H and O–H groups in total. The van der Waals surface area contributed by atoms with E-state index in [0.29, 0.717) is 10.8 Å². The van der Waals surface area contributed by atoms with E-state index in [-0.39, 0.29) is 17.6 Å². The third-order valence-corrected chi connectivity index (χ3v) is 9.53. The zero-order chi connectivity index (χ0) is 15.8. The Hall–Kier alpha value is -0.0800. The average Bonchev–Trinajstić information content (AvgIpc) is 2.73. The van der Waals surface area contributed by atoms with E-state index in [0.717, 1.165) is 37.0 Å². The standard InChI is InChI=1S/C20H34O2/c1-18-9-6-13-12-14(21)4-5-15(13)16(18)7-10-19(2)17(22)8-11-20(18,19)3/h13-17,21-22H,4-12H2,1-3H3. The molecule has 0 aromatic heterocycles. The highest BCUT2D eigenvalue weighted by atomic mass is 16.3. The molecule has 0 aromatic rings. The van der Waals surface area contributed by atoms with Crippen LogP contribution in [0.4, 0.5) is 0 Å². The zero-order valence-corrected chi connectivity index (χ0v) is 14.6. The van der Waals surface area contributed by atoms with Crippen molar-refractivity contribution in [2.24, 2.45) is 34.0 Å². The van der Waals surface area contributed by atoms with Crippen molar-refractivity contribution in [3.8, 4) is 0 Å². The summed E-state index contributed by atoms with van der Waals surface area (Å²) in [6, 6.07) is 0. The largest absolute Gasteiger partial charge is 0.393 e. The molecule has 8 atom stereocenters. The van der Waals surface area contributed by atoms with Crippen LogP contribution in [0.1, 0.15) is 78.6 Å². The molecular weight excluding hydrogens is 272 g/mol. The Morgan fingerprint density at radius 2 is 1.50 bits per heavy atom. The molecule has 4 rings (SSSR count). The molecule has 4 saturated carbocycles. The summed E-state index contributed by atoms with van der Waals surface area (Å²) in [4.78, 5) is 0. The molecule has 0 heterocycles. The van der Waals surface area contributed by atoms with Gasteiger partial charge >= 0.3 is 0 Å². The van der Waals surface area contributed by atoms with Gasteiger partial charge in [-0.05, 0) is 91.8 Å². The van der Waals surface area contributed by atoms with Gasteiger partial charge in [0.05, 0.1) is 12.2 Å². The predicted octanol–water partition coefficient (Wildman–Crippen LogP) is 4.14. The number of hydrogen-bond donors (Lipinski definition) is 2. The van der Waals surface area contributed by atoms with E-state index in [1.807, 2.05) is 0 Å². The molecule has 8 unspecified atom stereocenters. The van der Waals surface area contributed by atoms with E-state index >= 15 is 0 Å². The van der Waals surface area contributed by atoms with Gasteiger partial charge in [-0.15, -0.1) is 0 Å². The SMILES string of the molecule is CC12CCC3C4CCC(O)CC4CCC3(C)C1(C)CCC2O. The van der Waals surface area contributed by atoms with Crippen LogP contribution in [-0.2, 0) is 0 Å². The van der Waals surface area contributed by atoms with Gasteiger partial charge in [-0.1, -0.05) is 20.8 Å². The van der Waals surface area contributed by atoms with Crippen LogP contribution in [-0.4, -0.2) is 22.4 Å². The van der Waals surface area contributed by atoms with Crippen LogP contribution >= 0.6 is 0 Å². The molecule has 0 radical (unpaired) electrons. The van der Waals surface area contributed by atoms with Crippen LogP contribution in [0.3, 0.4) is 0 Å². The van der Waals surface area contributed by atoms with Gasteiger partial charge in [0.1, 0.15) is 0 Å². The van der Waals surface area contributed by atoms with E-state index in [2.05, 4.69) is 20.8 Å². The molecule has 0 amide bonds. The smallest absolute Gasteiger partial charge is 0.0599 e. The second kappa shape index (κ2) is 4.72. The Balaban J connectivity index is 1.70. The summed E-state index contributed by atoms with van der Waals surface area (Å²) in [6.07, 6.45) is 10.5. The second-order valence-electron chi connectivity index (χ2n) is 9.80. The van der Waals surface area contributed by atoms with E-state index < -0.39 is 0 Å². The number of rotatable bonds is 0. The number of hydrogen-bond acceptors (Lipinski definition) is 2. The first-order chi connectivity index (χ1) is 10.3. The highest BCUT2D eigenvalue weighted by Crippen LogP contribution is 2.73. The van der Waals surface area contributed by atoms with Gasteiger partial charge in [-0.2, -0.15) is 0 Å². The maximum atomic E-state index is 10.7. The highest BCUT2D eigenvalue weighted by Gasteiger charge is 2.68. The van der Waals surface area contributed by atoms with Gasteiger partial charge in [0, 0.05) is 0 Å². The fraction of sp³-hybridized carbons (Fsp3) is 1.00. The summed E-state index contributed by atoms with van der Waals surface area (Å²) in [5, 5.41) is 20.7. The average molecular weight is 306 g/mol. The van der Waals surface area contributed by atoms with Gasteiger partial charge < -0.3 is 10.2 Å². The van der Waals surface area contributed by atoms with Crippen LogP contribution in [0.2, 0.25) is 0 Å². The van der Waals surface area contributed by atoms with Crippen LogP contribution in [0, 0.1) is 34.0 Å². The van der Waals surface area contributed by atoms with E-state index in [9.17, 15) is 10.2 Å². The highest BCUT2D eigenvalue weighted by molar-refractivity contribution is 5.17. The lowest BCUT2D eigenvalue weighted by molar-refractivity contribution is -0.192. The molecule has 0 saturated heterocycles. The van der Waals surface area contributed by atoms with Gasteiger partial charge in [0.15, 0.2) is 0 Å². The Bertz CT molecular complexity index is 463. The van der Waals surface area contributed by atoms with Gasteiger partial charge in [-0.25, -0.2) is 0 Å². The Morgan fingerprint density at radius 1 is 0.773 bits per heavy atom. The van der Waals surface area contributed by atoms with Crippen molar-refractivity contribution in [1.82, 2.24) is 0 Å². The van der Waals surface area contributed by atoms with Crippen molar-refractivity contribution in [3.63, 3.8) is 0 Å². The molecule has 2 heteroatoms. The lowest BCUT2D eigenvalue weighted by Gasteiger charge is -2.66.